The Morgan fingerprint density at radius 1 is 1.12 bits per heavy atom. The van der Waals surface area contributed by atoms with Crippen molar-refractivity contribution in [1.29, 1.82) is 0 Å². The number of nitrogens with zero attached hydrogens (tertiary/aromatic N) is 1. The summed E-state index contributed by atoms with van der Waals surface area (Å²) >= 11 is 0. The highest BCUT2D eigenvalue weighted by Crippen LogP contribution is 2.35. The van der Waals surface area contributed by atoms with E-state index in [1.54, 1.807) is 0 Å². The van der Waals surface area contributed by atoms with Crippen LogP contribution in [0.15, 0.2) is 48.5 Å². The summed E-state index contributed by atoms with van der Waals surface area (Å²) in [4.78, 5) is 24.8. The number of amides is 1. The van der Waals surface area contributed by atoms with Crippen molar-refractivity contribution in [2.75, 3.05) is 0 Å². The van der Waals surface area contributed by atoms with Crippen molar-refractivity contribution in [3.8, 4) is 0 Å². The lowest BCUT2D eigenvalue weighted by atomic mass is 9.86. The van der Waals surface area contributed by atoms with Gasteiger partial charge in [-0.1, -0.05) is 29.8 Å². The summed E-state index contributed by atoms with van der Waals surface area (Å²) < 4.78 is 1.83. The molecule has 1 unspecified atom stereocenters. The Balaban J connectivity index is 1.94. The second-order valence-electron chi connectivity index (χ2n) is 6.79. The van der Waals surface area contributed by atoms with Crippen LogP contribution >= 0.6 is 0 Å². The Labute approximate surface area is 146 Å². The van der Waals surface area contributed by atoms with Crippen LogP contribution in [0.3, 0.4) is 0 Å². The molecule has 25 heavy (non-hydrogen) atoms. The Morgan fingerprint density at radius 2 is 1.88 bits per heavy atom. The van der Waals surface area contributed by atoms with E-state index in [9.17, 15) is 9.59 Å². The predicted octanol–water partition coefficient (Wildman–Crippen LogP) is 3.23. The maximum Gasteiger partial charge on any atom is 0.262 e. The number of aryl methyl sites for hydroxylation is 1. The lowest BCUT2D eigenvalue weighted by Crippen LogP contribution is -2.29. The van der Waals surface area contributed by atoms with E-state index in [0.29, 0.717) is 24.8 Å². The van der Waals surface area contributed by atoms with Gasteiger partial charge in [-0.15, -0.1) is 0 Å². The first-order chi connectivity index (χ1) is 12.1. The van der Waals surface area contributed by atoms with Gasteiger partial charge in [0.1, 0.15) is 0 Å². The third kappa shape index (κ3) is 2.54. The fraction of sp³-hybridized carbons (Fsp3) is 0.238. The third-order valence-electron chi connectivity index (χ3n) is 5.14. The summed E-state index contributed by atoms with van der Waals surface area (Å²) in [6.45, 7) is 2.04. The van der Waals surface area contributed by atoms with Gasteiger partial charge in [-0.25, -0.2) is 0 Å². The van der Waals surface area contributed by atoms with Crippen LogP contribution in [0.2, 0.25) is 0 Å². The van der Waals surface area contributed by atoms with Crippen LogP contribution in [0, 0.1) is 12.8 Å². The van der Waals surface area contributed by atoms with E-state index < -0.39 is 0 Å². The smallest absolute Gasteiger partial charge is 0.262 e. The van der Waals surface area contributed by atoms with Gasteiger partial charge in [-0.3, -0.25) is 14.2 Å². The molecular weight excluding hydrogens is 312 g/mol. The van der Waals surface area contributed by atoms with Crippen molar-refractivity contribution >= 4 is 22.7 Å². The molecule has 0 aliphatic heterocycles. The van der Waals surface area contributed by atoms with Crippen LogP contribution in [0.1, 0.15) is 33.6 Å². The number of primary amides is 1. The largest absolute Gasteiger partial charge is 0.369 e. The molecule has 1 aliphatic rings. The van der Waals surface area contributed by atoms with Gasteiger partial charge in [0, 0.05) is 22.6 Å². The molecule has 1 amide bonds. The van der Waals surface area contributed by atoms with E-state index in [4.69, 9.17) is 5.73 Å². The van der Waals surface area contributed by atoms with Gasteiger partial charge >= 0.3 is 0 Å². The number of hydrogen-bond acceptors (Lipinski definition) is 2. The standard InChI is InChI=1S/C21H20N2O2/c1-13-7-9-18-16(11-13)17-12-15(20(22)24)8-10-19(17)23(18)21(25)14-5-3-2-4-6-14/h2-7,9,11,15H,8,10,12H2,1H3,(H2,22,24). The molecule has 4 nitrogen and oxygen atoms in total. The highest BCUT2D eigenvalue weighted by Gasteiger charge is 2.30. The zero-order valence-electron chi connectivity index (χ0n) is 14.2. The minimum absolute atomic E-state index is 0.0202. The summed E-state index contributed by atoms with van der Waals surface area (Å²) in [5, 5.41) is 1.06. The normalized spacial score (nSPS) is 16.6. The van der Waals surface area contributed by atoms with E-state index >= 15 is 0 Å². The number of nitrogens with two attached hydrogens (primary N) is 1. The average Bonchev–Trinajstić information content (AvgIpc) is 2.94. The van der Waals surface area contributed by atoms with Gasteiger partial charge in [0.15, 0.2) is 0 Å². The maximum atomic E-state index is 13.2. The van der Waals surface area contributed by atoms with Gasteiger partial charge in [0.25, 0.3) is 5.91 Å². The van der Waals surface area contributed by atoms with Gasteiger partial charge < -0.3 is 5.73 Å². The highest BCUT2D eigenvalue weighted by atomic mass is 16.2. The van der Waals surface area contributed by atoms with Crippen molar-refractivity contribution in [2.24, 2.45) is 11.7 Å². The third-order valence-corrected chi connectivity index (χ3v) is 5.14. The van der Waals surface area contributed by atoms with E-state index in [-0.39, 0.29) is 17.7 Å². The molecule has 126 valence electrons. The summed E-state index contributed by atoms with van der Waals surface area (Å²) in [5.41, 5.74) is 10.4. The van der Waals surface area contributed by atoms with Gasteiger partial charge in [-0.05, 0) is 56.0 Å². The molecular formula is C21H20N2O2. The second-order valence-corrected chi connectivity index (χ2v) is 6.79. The molecule has 0 fully saturated rings. The molecule has 0 saturated carbocycles. The monoisotopic (exact) mass is 332 g/mol. The molecule has 0 spiro atoms. The first kappa shape index (κ1) is 15.6. The Morgan fingerprint density at radius 3 is 2.60 bits per heavy atom. The molecule has 0 radical (unpaired) electrons. The summed E-state index contributed by atoms with van der Waals surface area (Å²) in [6, 6.07) is 15.5. The van der Waals surface area contributed by atoms with Gasteiger partial charge in [0.05, 0.1) is 5.52 Å². The predicted molar refractivity (Wildman–Crippen MR) is 97.6 cm³/mol. The molecule has 0 saturated heterocycles. The maximum absolute atomic E-state index is 13.2. The van der Waals surface area contributed by atoms with Crippen LogP contribution in [0.25, 0.3) is 10.9 Å². The molecule has 1 heterocycles. The number of aromatic nitrogens is 1. The van der Waals surface area contributed by atoms with Crippen molar-refractivity contribution in [3.05, 3.63) is 70.9 Å². The van der Waals surface area contributed by atoms with E-state index in [2.05, 4.69) is 6.07 Å². The van der Waals surface area contributed by atoms with Crippen LogP contribution in [0.4, 0.5) is 0 Å². The fourth-order valence-corrected chi connectivity index (χ4v) is 3.86. The lowest BCUT2D eigenvalue weighted by Gasteiger charge is -2.21. The second kappa shape index (κ2) is 5.88. The Kier molecular flexibility index (Phi) is 3.68. The Bertz CT molecular complexity index is 986. The van der Waals surface area contributed by atoms with Crippen molar-refractivity contribution < 1.29 is 9.59 Å². The summed E-state index contributed by atoms with van der Waals surface area (Å²) in [5.74, 6) is -0.430. The van der Waals surface area contributed by atoms with E-state index in [1.165, 1.54) is 0 Å². The highest BCUT2D eigenvalue weighted by molar-refractivity contribution is 6.04. The van der Waals surface area contributed by atoms with Crippen molar-refractivity contribution in [2.45, 2.75) is 26.2 Å². The molecule has 0 bridgehead atoms. The van der Waals surface area contributed by atoms with Crippen LogP contribution in [0.5, 0.6) is 0 Å². The number of fused-ring (bicyclic) bond motifs is 3. The fourth-order valence-electron chi connectivity index (χ4n) is 3.86. The first-order valence-corrected chi connectivity index (χ1v) is 8.58. The minimum Gasteiger partial charge on any atom is -0.369 e. The number of hydrogen-bond donors (Lipinski definition) is 1. The van der Waals surface area contributed by atoms with Crippen molar-refractivity contribution in [1.82, 2.24) is 4.57 Å². The molecule has 1 aromatic heterocycles. The number of benzene rings is 2. The molecule has 4 heteroatoms. The molecule has 2 N–H and O–H groups in total. The zero-order chi connectivity index (χ0) is 17.6. The molecule has 1 aliphatic carbocycles. The Hall–Kier alpha value is -2.88. The van der Waals surface area contributed by atoms with Crippen LogP contribution < -0.4 is 5.73 Å². The summed E-state index contributed by atoms with van der Waals surface area (Å²) in [7, 11) is 0. The van der Waals surface area contributed by atoms with Crippen LogP contribution in [-0.2, 0) is 17.6 Å². The minimum atomic E-state index is -0.256. The molecule has 2 aromatic carbocycles. The number of rotatable bonds is 2. The summed E-state index contributed by atoms with van der Waals surface area (Å²) in [6.07, 6.45) is 1.99. The van der Waals surface area contributed by atoms with E-state index in [0.717, 1.165) is 27.7 Å². The SMILES string of the molecule is Cc1ccc2c(c1)c1c(n2C(=O)c2ccccc2)CCC(C(N)=O)C1. The number of carbonyl (C=O) groups is 2. The number of carbonyl (C=O) groups excluding carboxylic acids is 2. The van der Waals surface area contributed by atoms with E-state index in [1.807, 2.05) is 54.0 Å². The molecule has 1 atom stereocenters. The zero-order valence-corrected chi connectivity index (χ0v) is 14.2. The topological polar surface area (TPSA) is 65.1 Å². The first-order valence-electron chi connectivity index (χ1n) is 8.58. The van der Waals surface area contributed by atoms with Crippen molar-refractivity contribution in [3.63, 3.8) is 0 Å². The molecule has 3 aromatic rings. The lowest BCUT2D eigenvalue weighted by molar-refractivity contribution is -0.122. The van der Waals surface area contributed by atoms with Gasteiger partial charge in [0.2, 0.25) is 5.91 Å². The molecule has 4 rings (SSSR count). The quantitative estimate of drug-likeness (QED) is 0.783. The van der Waals surface area contributed by atoms with Crippen LogP contribution in [-0.4, -0.2) is 16.4 Å². The van der Waals surface area contributed by atoms with Gasteiger partial charge in [-0.2, -0.15) is 0 Å². The average molecular weight is 332 g/mol.